The Morgan fingerprint density at radius 3 is 2.18 bits per heavy atom. The number of phenols is 1. The summed E-state index contributed by atoms with van der Waals surface area (Å²) in [7, 11) is 0. The van der Waals surface area contributed by atoms with Gasteiger partial charge in [0.15, 0.2) is 0 Å². The van der Waals surface area contributed by atoms with Crippen LogP contribution in [0.4, 0.5) is 0 Å². The summed E-state index contributed by atoms with van der Waals surface area (Å²) in [6, 6.07) is 5.01. The Morgan fingerprint density at radius 1 is 0.955 bits per heavy atom. The Labute approximate surface area is 140 Å². The number of halogens is 1. The van der Waals surface area contributed by atoms with Gasteiger partial charge in [0.1, 0.15) is 5.75 Å². The minimum Gasteiger partial charge on any atom is -0.507 e. The monoisotopic (exact) mass is 323 g/mol. The van der Waals surface area contributed by atoms with Gasteiger partial charge in [0.2, 0.25) is 0 Å². The van der Waals surface area contributed by atoms with Gasteiger partial charge in [-0.15, -0.1) is 0 Å². The lowest BCUT2D eigenvalue weighted by molar-refractivity contribution is 0.474. The van der Waals surface area contributed by atoms with Gasteiger partial charge in [-0.3, -0.25) is 4.99 Å². The molecule has 0 heterocycles. The number of hydrogen-bond donors (Lipinski definition) is 1. The van der Waals surface area contributed by atoms with Crippen molar-refractivity contribution in [2.75, 3.05) is 6.54 Å². The van der Waals surface area contributed by atoms with E-state index < -0.39 is 0 Å². The fourth-order valence-electron chi connectivity index (χ4n) is 2.48. The molecule has 0 fully saturated rings. The fourth-order valence-corrected chi connectivity index (χ4v) is 2.66. The van der Waals surface area contributed by atoms with Crippen LogP contribution in [0.15, 0.2) is 23.2 Å². The van der Waals surface area contributed by atoms with Crippen LogP contribution >= 0.6 is 11.6 Å². The van der Waals surface area contributed by atoms with E-state index in [-0.39, 0.29) is 5.75 Å². The van der Waals surface area contributed by atoms with E-state index in [0.717, 1.165) is 13.0 Å². The van der Waals surface area contributed by atoms with Crippen molar-refractivity contribution in [2.24, 2.45) is 4.99 Å². The predicted molar refractivity (Wildman–Crippen MR) is 97.4 cm³/mol. The second kappa shape index (κ2) is 12.5. The smallest absolute Gasteiger partial charge is 0.124 e. The molecule has 0 spiro atoms. The number of nitrogens with zero attached hydrogens (tertiary/aromatic N) is 1. The van der Waals surface area contributed by atoms with Crippen LogP contribution in [0, 0.1) is 0 Å². The molecule has 2 nitrogen and oxygen atoms in total. The largest absolute Gasteiger partial charge is 0.507 e. The van der Waals surface area contributed by atoms with Gasteiger partial charge < -0.3 is 5.11 Å². The third kappa shape index (κ3) is 9.09. The lowest BCUT2D eigenvalue weighted by atomic mass is 10.1. The summed E-state index contributed by atoms with van der Waals surface area (Å²) in [6.45, 7) is 3.08. The Kier molecular flexibility index (Phi) is 10.8. The first kappa shape index (κ1) is 19.0. The quantitative estimate of drug-likeness (QED) is 0.351. The van der Waals surface area contributed by atoms with Crippen LogP contribution in [0.1, 0.15) is 76.7 Å². The standard InChI is InChI=1S/C19H30ClNO/c1-2-3-4-5-6-7-8-9-10-11-14-21-16-17-15-18(20)12-13-19(17)22/h12-13,15-16,22H,2-11,14H2,1H3. The van der Waals surface area contributed by atoms with Gasteiger partial charge in [-0.25, -0.2) is 0 Å². The topological polar surface area (TPSA) is 32.6 Å². The van der Waals surface area contributed by atoms with Gasteiger partial charge >= 0.3 is 0 Å². The van der Waals surface area contributed by atoms with Crippen molar-refractivity contribution in [1.82, 2.24) is 0 Å². The lowest BCUT2D eigenvalue weighted by Gasteiger charge is -2.01. The summed E-state index contributed by atoms with van der Waals surface area (Å²) < 4.78 is 0. The van der Waals surface area contributed by atoms with E-state index in [9.17, 15) is 5.11 Å². The van der Waals surface area contributed by atoms with E-state index >= 15 is 0 Å². The molecule has 3 heteroatoms. The lowest BCUT2D eigenvalue weighted by Crippen LogP contribution is -1.87. The van der Waals surface area contributed by atoms with Gasteiger partial charge in [-0.2, -0.15) is 0 Å². The zero-order chi connectivity index (χ0) is 16.0. The molecule has 0 radical (unpaired) electrons. The molecule has 0 unspecified atom stereocenters. The molecule has 1 rings (SSSR count). The summed E-state index contributed by atoms with van der Waals surface area (Å²) in [4.78, 5) is 4.37. The van der Waals surface area contributed by atoms with Crippen LogP contribution < -0.4 is 0 Å². The highest BCUT2D eigenvalue weighted by atomic mass is 35.5. The Morgan fingerprint density at radius 2 is 1.55 bits per heavy atom. The van der Waals surface area contributed by atoms with Gasteiger partial charge in [0.25, 0.3) is 0 Å². The molecule has 1 N–H and O–H groups in total. The highest BCUT2D eigenvalue weighted by molar-refractivity contribution is 6.30. The van der Waals surface area contributed by atoms with E-state index in [1.807, 2.05) is 0 Å². The summed E-state index contributed by atoms with van der Waals surface area (Å²) in [5, 5.41) is 10.3. The first-order valence-electron chi connectivity index (χ1n) is 8.72. The van der Waals surface area contributed by atoms with Crippen molar-refractivity contribution in [3.05, 3.63) is 28.8 Å². The van der Waals surface area contributed by atoms with Gasteiger partial charge in [0.05, 0.1) is 0 Å². The van der Waals surface area contributed by atoms with Crippen molar-refractivity contribution in [3.63, 3.8) is 0 Å². The Balaban J connectivity index is 1.99. The number of benzene rings is 1. The minimum absolute atomic E-state index is 0.233. The van der Waals surface area contributed by atoms with Crippen molar-refractivity contribution in [2.45, 2.75) is 71.1 Å². The Bertz CT molecular complexity index is 431. The third-order valence-electron chi connectivity index (χ3n) is 3.86. The molecule has 0 amide bonds. The first-order chi connectivity index (χ1) is 10.7. The average molecular weight is 324 g/mol. The van der Waals surface area contributed by atoms with Crippen LogP contribution in [0.5, 0.6) is 5.75 Å². The maximum atomic E-state index is 9.66. The number of hydrogen-bond acceptors (Lipinski definition) is 2. The zero-order valence-electron chi connectivity index (χ0n) is 13.9. The zero-order valence-corrected chi connectivity index (χ0v) is 14.6. The molecular weight excluding hydrogens is 294 g/mol. The normalized spacial score (nSPS) is 11.4. The number of rotatable bonds is 12. The summed E-state index contributed by atoms with van der Waals surface area (Å²) in [5.74, 6) is 0.233. The number of aliphatic imine (C=N–C) groups is 1. The molecule has 0 bridgehead atoms. The average Bonchev–Trinajstić information content (AvgIpc) is 2.51. The predicted octanol–water partition coefficient (Wildman–Crippen LogP) is 6.39. The van der Waals surface area contributed by atoms with Crippen molar-refractivity contribution in [3.8, 4) is 5.75 Å². The van der Waals surface area contributed by atoms with E-state index in [1.54, 1.807) is 24.4 Å². The van der Waals surface area contributed by atoms with E-state index in [2.05, 4.69) is 11.9 Å². The molecule has 0 saturated carbocycles. The molecule has 1 aromatic rings. The van der Waals surface area contributed by atoms with Gasteiger partial charge in [0, 0.05) is 23.3 Å². The summed E-state index contributed by atoms with van der Waals surface area (Å²) in [5.41, 5.74) is 0.694. The minimum atomic E-state index is 0.233. The molecule has 1 aromatic carbocycles. The van der Waals surface area contributed by atoms with Gasteiger partial charge in [-0.05, 0) is 24.6 Å². The summed E-state index contributed by atoms with van der Waals surface area (Å²) in [6.07, 6.45) is 15.0. The fraction of sp³-hybridized carbons (Fsp3) is 0.632. The molecule has 0 atom stereocenters. The van der Waals surface area contributed by atoms with Crippen LogP contribution in [0.25, 0.3) is 0 Å². The molecule has 22 heavy (non-hydrogen) atoms. The first-order valence-corrected chi connectivity index (χ1v) is 9.10. The third-order valence-corrected chi connectivity index (χ3v) is 4.10. The number of aromatic hydroxyl groups is 1. The molecular formula is C19H30ClNO. The molecule has 0 aliphatic carbocycles. The molecule has 0 aliphatic heterocycles. The van der Waals surface area contributed by atoms with E-state index in [4.69, 9.17) is 11.6 Å². The number of unbranched alkanes of at least 4 members (excludes halogenated alkanes) is 9. The molecule has 0 aromatic heterocycles. The van der Waals surface area contributed by atoms with Crippen molar-refractivity contribution >= 4 is 17.8 Å². The maximum Gasteiger partial charge on any atom is 0.124 e. The second-order valence-corrected chi connectivity index (χ2v) is 6.36. The van der Waals surface area contributed by atoms with Crippen LogP contribution in [0.2, 0.25) is 5.02 Å². The molecule has 0 saturated heterocycles. The highest BCUT2D eigenvalue weighted by Crippen LogP contribution is 2.19. The van der Waals surface area contributed by atoms with Gasteiger partial charge in [-0.1, -0.05) is 76.3 Å². The molecule has 0 aliphatic rings. The van der Waals surface area contributed by atoms with Crippen molar-refractivity contribution in [1.29, 1.82) is 0 Å². The van der Waals surface area contributed by atoms with Crippen LogP contribution in [-0.4, -0.2) is 17.9 Å². The van der Waals surface area contributed by atoms with Crippen LogP contribution in [0.3, 0.4) is 0 Å². The van der Waals surface area contributed by atoms with E-state index in [1.165, 1.54) is 57.8 Å². The van der Waals surface area contributed by atoms with Crippen LogP contribution in [-0.2, 0) is 0 Å². The van der Waals surface area contributed by atoms with E-state index in [0.29, 0.717) is 10.6 Å². The molecule has 124 valence electrons. The SMILES string of the molecule is CCCCCCCCCCCCN=Cc1cc(Cl)ccc1O. The maximum absolute atomic E-state index is 9.66. The second-order valence-electron chi connectivity index (χ2n) is 5.92. The Hall–Kier alpha value is -1.02. The number of phenolic OH excluding ortho intramolecular Hbond substituents is 1. The highest BCUT2D eigenvalue weighted by Gasteiger charge is 1.98. The summed E-state index contributed by atoms with van der Waals surface area (Å²) >= 11 is 5.89. The van der Waals surface area contributed by atoms with Crippen molar-refractivity contribution < 1.29 is 5.11 Å².